The molecule has 0 atom stereocenters. The number of amides is 2. The van der Waals surface area contributed by atoms with Crippen molar-refractivity contribution in [3.63, 3.8) is 0 Å². The molecule has 2 amide bonds. The largest absolute Gasteiger partial charge is 0.468 e. The molecule has 0 saturated heterocycles. The third kappa shape index (κ3) is 5.84. The third-order valence-corrected chi connectivity index (χ3v) is 1.84. The molecule has 0 aliphatic heterocycles. The number of carbonyl (C=O) groups is 1. The van der Waals surface area contributed by atoms with Crippen molar-refractivity contribution in [2.45, 2.75) is 13.3 Å². The van der Waals surface area contributed by atoms with Crippen LogP contribution in [0.25, 0.3) is 0 Å². The molecule has 12 heavy (non-hydrogen) atoms. The molecule has 0 bridgehead atoms. The molecule has 0 fully saturated rings. The van der Waals surface area contributed by atoms with Crippen LogP contribution in [-0.2, 0) is 4.74 Å². The average Bonchev–Trinajstić information content (AvgIpc) is 2.05. The lowest BCUT2D eigenvalue weighted by molar-refractivity contribution is 0.247. The molecule has 0 aromatic heterocycles. The van der Waals surface area contributed by atoms with Crippen molar-refractivity contribution in [2.24, 2.45) is 0 Å². The van der Waals surface area contributed by atoms with Crippen LogP contribution in [0.4, 0.5) is 4.79 Å². The topological polar surface area (TPSA) is 74.2 Å². The number of urea groups is 1. The van der Waals surface area contributed by atoms with Gasteiger partial charge in [-0.1, -0.05) is 6.92 Å². The van der Waals surface area contributed by atoms with Crippen LogP contribution in [-0.4, -0.2) is 24.9 Å². The molecule has 0 aromatic carbocycles. The fourth-order valence-corrected chi connectivity index (χ4v) is 0.887. The molecule has 0 rings (SSSR count). The molecular weight excluding hydrogens is 178 g/mol. The van der Waals surface area contributed by atoms with Crippen LogP contribution < -0.4 is 10.0 Å². The van der Waals surface area contributed by atoms with Gasteiger partial charge in [0.05, 0.1) is 7.11 Å². The third-order valence-electron chi connectivity index (χ3n) is 0.902. The summed E-state index contributed by atoms with van der Waals surface area (Å²) in [5.41, 5.74) is 0. The summed E-state index contributed by atoms with van der Waals surface area (Å²) in [4.78, 5) is 10.8. The van der Waals surface area contributed by atoms with E-state index in [1.165, 1.54) is 19.1 Å². The predicted octanol–water partition coefficient (Wildman–Crippen LogP) is 0.925. The van der Waals surface area contributed by atoms with Gasteiger partial charge in [-0.05, 0) is 18.4 Å². The molecule has 0 aromatic rings. The van der Waals surface area contributed by atoms with Crippen LogP contribution in [0, 0.1) is 5.41 Å². The van der Waals surface area contributed by atoms with E-state index in [-0.39, 0.29) is 6.02 Å². The first-order valence-corrected chi connectivity index (χ1v) is 4.50. The summed E-state index contributed by atoms with van der Waals surface area (Å²) in [6.07, 6.45) is 0.993. The first kappa shape index (κ1) is 11.1. The zero-order valence-corrected chi connectivity index (χ0v) is 7.96. The van der Waals surface area contributed by atoms with Gasteiger partial charge in [0.15, 0.2) is 0 Å². The van der Waals surface area contributed by atoms with Gasteiger partial charge in [0.25, 0.3) is 6.02 Å². The number of methoxy groups -OCH3 is 1. The Labute approximate surface area is 75.9 Å². The highest BCUT2D eigenvalue weighted by molar-refractivity contribution is 7.97. The Morgan fingerprint density at radius 1 is 1.67 bits per heavy atom. The second kappa shape index (κ2) is 6.78. The van der Waals surface area contributed by atoms with Crippen molar-refractivity contribution in [1.82, 2.24) is 10.0 Å². The minimum atomic E-state index is -0.430. The van der Waals surface area contributed by atoms with Crippen molar-refractivity contribution in [3.8, 4) is 0 Å². The van der Waals surface area contributed by atoms with E-state index in [1.807, 2.05) is 6.92 Å². The number of nitrogens with one attached hydrogen (secondary N) is 3. The van der Waals surface area contributed by atoms with Crippen LogP contribution in [0.3, 0.4) is 0 Å². The Kier molecular flexibility index (Phi) is 6.26. The molecule has 3 N–H and O–H groups in total. The monoisotopic (exact) mass is 191 g/mol. The molecule has 0 heterocycles. The zero-order valence-electron chi connectivity index (χ0n) is 7.14. The van der Waals surface area contributed by atoms with Gasteiger partial charge in [-0.3, -0.25) is 15.4 Å². The van der Waals surface area contributed by atoms with Gasteiger partial charge >= 0.3 is 6.03 Å². The first-order valence-electron chi connectivity index (χ1n) is 3.52. The van der Waals surface area contributed by atoms with Crippen LogP contribution in [0.5, 0.6) is 0 Å². The Hall–Kier alpha value is -0.910. The second-order valence-electron chi connectivity index (χ2n) is 1.94. The maximum Gasteiger partial charge on any atom is 0.332 e. The number of hydrogen-bond donors (Lipinski definition) is 3. The first-order chi connectivity index (χ1) is 5.70. The van der Waals surface area contributed by atoms with E-state index in [9.17, 15) is 4.79 Å². The van der Waals surface area contributed by atoms with E-state index in [0.29, 0.717) is 0 Å². The van der Waals surface area contributed by atoms with Gasteiger partial charge < -0.3 is 4.74 Å². The number of hydrogen-bond acceptors (Lipinski definition) is 4. The smallest absolute Gasteiger partial charge is 0.332 e. The zero-order chi connectivity index (χ0) is 9.40. The normalized spacial score (nSPS) is 8.83. The SMILES string of the molecule is CCCSNC(=O)NC(=N)OC. The minimum Gasteiger partial charge on any atom is -0.468 e. The second-order valence-corrected chi connectivity index (χ2v) is 2.84. The number of carbonyl (C=O) groups excluding carboxylic acids is 1. The fraction of sp³-hybridized carbons (Fsp3) is 0.667. The van der Waals surface area contributed by atoms with Crippen LogP contribution in [0.1, 0.15) is 13.3 Å². The standard InChI is InChI=1S/C6H13N3O2S/c1-3-4-12-9-6(10)8-5(7)11-2/h3-4H2,1-2H3,(H3,7,8,9,10). The van der Waals surface area contributed by atoms with E-state index in [1.54, 1.807) is 0 Å². The van der Waals surface area contributed by atoms with Gasteiger partial charge in [0, 0.05) is 5.75 Å². The van der Waals surface area contributed by atoms with Crippen LogP contribution in [0.2, 0.25) is 0 Å². The van der Waals surface area contributed by atoms with Gasteiger partial charge in [0.1, 0.15) is 0 Å². The van der Waals surface area contributed by atoms with Crippen molar-refractivity contribution < 1.29 is 9.53 Å². The predicted molar refractivity (Wildman–Crippen MR) is 49.2 cm³/mol. The molecule has 6 heteroatoms. The Bertz CT molecular complexity index is 163. The van der Waals surface area contributed by atoms with E-state index >= 15 is 0 Å². The molecule has 0 saturated carbocycles. The van der Waals surface area contributed by atoms with E-state index < -0.39 is 6.03 Å². The van der Waals surface area contributed by atoms with Gasteiger partial charge in [-0.15, -0.1) is 0 Å². The van der Waals surface area contributed by atoms with Crippen molar-refractivity contribution in [3.05, 3.63) is 0 Å². The van der Waals surface area contributed by atoms with E-state index in [4.69, 9.17) is 5.41 Å². The lowest BCUT2D eigenvalue weighted by atomic mass is 10.6. The van der Waals surface area contributed by atoms with Gasteiger partial charge in [-0.25, -0.2) is 4.79 Å². The fourth-order valence-electron chi connectivity index (χ4n) is 0.398. The van der Waals surface area contributed by atoms with Crippen molar-refractivity contribution in [1.29, 1.82) is 5.41 Å². The lowest BCUT2D eigenvalue weighted by Gasteiger charge is -2.05. The Balaban J connectivity index is 3.40. The number of ether oxygens (including phenoxy) is 1. The average molecular weight is 191 g/mol. The van der Waals surface area contributed by atoms with Crippen LogP contribution >= 0.6 is 11.9 Å². The molecule has 0 radical (unpaired) electrons. The summed E-state index contributed by atoms with van der Waals surface area (Å²) in [6.45, 7) is 2.02. The van der Waals surface area contributed by atoms with Crippen molar-refractivity contribution >= 4 is 24.0 Å². The molecule has 0 spiro atoms. The van der Waals surface area contributed by atoms with E-state index in [0.717, 1.165) is 12.2 Å². The van der Waals surface area contributed by atoms with Crippen LogP contribution in [0.15, 0.2) is 0 Å². The highest BCUT2D eigenvalue weighted by Gasteiger charge is 2.01. The van der Waals surface area contributed by atoms with Gasteiger partial charge in [0.2, 0.25) is 0 Å². The molecule has 5 nitrogen and oxygen atoms in total. The minimum absolute atomic E-state index is 0.260. The molecular formula is C6H13N3O2S. The van der Waals surface area contributed by atoms with Crippen molar-refractivity contribution in [2.75, 3.05) is 12.9 Å². The number of amidine groups is 1. The quantitative estimate of drug-likeness (QED) is 0.269. The molecule has 0 aliphatic carbocycles. The highest BCUT2D eigenvalue weighted by Crippen LogP contribution is 1.94. The summed E-state index contributed by atoms with van der Waals surface area (Å²) < 4.78 is 6.92. The van der Waals surface area contributed by atoms with E-state index in [2.05, 4.69) is 14.8 Å². The van der Waals surface area contributed by atoms with Gasteiger partial charge in [-0.2, -0.15) is 0 Å². The Morgan fingerprint density at radius 3 is 2.83 bits per heavy atom. The summed E-state index contributed by atoms with van der Waals surface area (Å²) in [7, 11) is 1.32. The summed E-state index contributed by atoms with van der Waals surface area (Å²) in [5.74, 6) is 0.855. The summed E-state index contributed by atoms with van der Waals surface area (Å²) in [6, 6.07) is -0.690. The number of rotatable bonds is 3. The Morgan fingerprint density at radius 2 is 2.33 bits per heavy atom. The summed E-state index contributed by atoms with van der Waals surface area (Å²) in [5, 5.41) is 9.12. The summed E-state index contributed by atoms with van der Waals surface area (Å²) >= 11 is 1.30. The molecule has 0 aliphatic rings. The molecule has 70 valence electrons. The lowest BCUT2D eigenvalue weighted by Crippen LogP contribution is -2.36. The molecule has 0 unspecified atom stereocenters. The highest BCUT2D eigenvalue weighted by atomic mass is 32.2. The maximum absolute atomic E-state index is 10.8. The maximum atomic E-state index is 10.8.